The van der Waals surface area contributed by atoms with Crippen molar-refractivity contribution < 1.29 is 9.52 Å². The van der Waals surface area contributed by atoms with Gasteiger partial charge in [0.05, 0.1) is 12.8 Å². The van der Waals surface area contributed by atoms with E-state index in [0.29, 0.717) is 17.2 Å². The summed E-state index contributed by atoms with van der Waals surface area (Å²) < 4.78 is 5.62. The van der Waals surface area contributed by atoms with Gasteiger partial charge in [0.25, 0.3) is 0 Å². The minimum atomic E-state index is 0.301. The van der Waals surface area contributed by atoms with Crippen molar-refractivity contribution in [3.05, 3.63) is 53.5 Å². The van der Waals surface area contributed by atoms with Crippen LogP contribution in [0.3, 0.4) is 0 Å². The third kappa shape index (κ3) is 2.07. The first-order valence-electron chi connectivity index (χ1n) is 9.35. The maximum absolute atomic E-state index is 10.1. The van der Waals surface area contributed by atoms with Crippen molar-refractivity contribution in [2.24, 2.45) is 5.92 Å². The minimum absolute atomic E-state index is 0.301. The predicted molar refractivity (Wildman–Crippen MR) is 93.0 cm³/mol. The van der Waals surface area contributed by atoms with Gasteiger partial charge < -0.3 is 9.52 Å². The van der Waals surface area contributed by atoms with Crippen molar-refractivity contribution in [1.82, 2.24) is 4.90 Å². The summed E-state index contributed by atoms with van der Waals surface area (Å²) in [4.78, 5) is 2.66. The lowest BCUT2D eigenvalue weighted by atomic mass is 9.52. The van der Waals surface area contributed by atoms with Crippen LogP contribution in [0, 0.1) is 5.92 Å². The third-order valence-corrected chi connectivity index (χ3v) is 6.87. The summed E-state index contributed by atoms with van der Waals surface area (Å²) in [5.41, 5.74) is 3.22. The number of likely N-dealkylation sites (tertiary alicyclic amines) is 1. The average Bonchev–Trinajstić information content (AvgIpc) is 3.11. The molecule has 1 saturated heterocycles. The summed E-state index contributed by atoms with van der Waals surface area (Å²) in [7, 11) is 0. The molecule has 1 N–H and O–H groups in total. The second-order valence-corrected chi connectivity index (χ2v) is 7.92. The highest BCUT2D eigenvalue weighted by Gasteiger charge is 2.53. The molecular formula is C21H25NO2. The van der Waals surface area contributed by atoms with Crippen molar-refractivity contribution in [2.45, 2.75) is 56.5 Å². The number of phenols is 1. The molecule has 3 heteroatoms. The number of benzene rings is 1. The van der Waals surface area contributed by atoms with E-state index in [1.54, 1.807) is 6.26 Å². The Morgan fingerprint density at radius 1 is 1.21 bits per heavy atom. The van der Waals surface area contributed by atoms with E-state index in [4.69, 9.17) is 4.42 Å². The first kappa shape index (κ1) is 14.6. The maximum atomic E-state index is 10.1. The van der Waals surface area contributed by atoms with Crippen LogP contribution in [0.15, 0.2) is 41.0 Å². The fourth-order valence-electron chi connectivity index (χ4n) is 5.87. The number of hydrogen-bond donors (Lipinski definition) is 1. The number of piperidine rings is 1. The van der Waals surface area contributed by atoms with Gasteiger partial charge in [-0.2, -0.15) is 0 Å². The summed E-state index contributed by atoms with van der Waals surface area (Å²) in [6.07, 6.45) is 9.41. The molecule has 0 unspecified atom stereocenters. The number of phenolic OH excluding ortho intramolecular Hbond substituents is 1. The van der Waals surface area contributed by atoms with Crippen LogP contribution in [0.25, 0.3) is 0 Å². The first-order chi connectivity index (χ1) is 11.8. The van der Waals surface area contributed by atoms with Gasteiger partial charge in [0.15, 0.2) is 0 Å². The van der Waals surface area contributed by atoms with E-state index in [9.17, 15) is 5.11 Å². The van der Waals surface area contributed by atoms with Gasteiger partial charge >= 0.3 is 0 Å². The largest absolute Gasteiger partial charge is 0.508 e. The van der Waals surface area contributed by atoms with Gasteiger partial charge in [0, 0.05) is 11.5 Å². The molecule has 1 aromatic carbocycles. The van der Waals surface area contributed by atoms with Crippen LogP contribution in [0.1, 0.15) is 49.0 Å². The smallest absolute Gasteiger partial charge is 0.117 e. The van der Waals surface area contributed by atoms with Crippen molar-refractivity contribution in [1.29, 1.82) is 0 Å². The number of furan rings is 1. The molecule has 2 bridgehead atoms. The summed E-state index contributed by atoms with van der Waals surface area (Å²) in [6, 6.07) is 10.8. The fourth-order valence-corrected chi connectivity index (χ4v) is 5.87. The third-order valence-electron chi connectivity index (χ3n) is 6.87. The van der Waals surface area contributed by atoms with Gasteiger partial charge in [-0.1, -0.05) is 18.9 Å². The molecule has 3 nitrogen and oxygen atoms in total. The Balaban J connectivity index is 1.56. The normalized spacial score (nSPS) is 32.2. The van der Waals surface area contributed by atoms with Crippen LogP contribution >= 0.6 is 0 Å². The Bertz CT molecular complexity index is 738. The van der Waals surface area contributed by atoms with E-state index in [1.165, 1.54) is 43.2 Å². The van der Waals surface area contributed by atoms with Crippen LogP contribution in [0.2, 0.25) is 0 Å². The molecule has 3 aliphatic rings. The zero-order valence-corrected chi connectivity index (χ0v) is 14.1. The highest BCUT2D eigenvalue weighted by atomic mass is 16.3. The molecule has 2 aliphatic carbocycles. The zero-order valence-electron chi connectivity index (χ0n) is 14.1. The molecule has 1 aliphatic heterocycles. The molecule has 2 heterocycles. The summed E-state index contributed by atoms with van der Waals surface area (Å²) in [6.45, 7) is 2.06. The van der Waals surface area contributed by atoms with Gasteiger partial charge in [0.1, 0.15) is 11.5 Å². The van der Waals surface area contributed by atoms with Crippen molar-refractivity contribution in [3.8, 4) is 5.75 Å². The fraction of sp³-hybridized carbons (Fsp3) is 0.524. The molecule has 0 amide bonds. The number of nitrogens with zero attached hydrogens (tertiary/aromatic N) is 1. The number of fused-ring (bicyclic) bond motifs is 1. The maximum Gasteiger partial charge on any atom is 0.117 e. The predicted octanol–water partition coefficient (Wildman–Crippen LogP) is 4.24. The quantitative estimate of drug-likeness (QED) is 0.898. The van der Waals surface area contributed by atoms with E-state index in [0.717, 1.165) is 31.2 Å². The summed E-state index contributed by atoms with van der Waals surface area (Å²) >= 11 is 0. The Morgan fingerprint density at radius 3 is 3.04 bits per heavy atom. The second-order valence-electron chi connectivity index (χ2n) is 7.92. The lowest BCUT2D eigenvalue weighted by molar-refractivity contribution is -0.0185. The van der Waals surface area contributed by atoms with E-state index in [1.807, 2.05) is 12.1 Å². The van der Waals surface area contributed by atoms with E-state index in [2.05, 4.69) is 23.1 Å². The molecule has 5 rings (SSSR count). The lowest BCUT2D eigenvalue weighted by Crippen LogP contribution is -2.60. The first-order valence-corrected chi connectivity index (χ1v) is 9.35. The monoisotopic (exact) mass is 323 g/mol. The van der Waals surface area contributed by atoms with Crippen molar-refractivity contribution >= 4 is 0 Å². The molecule has 1 saturated carbocycles. The molecule has 24 heavy (non-hydrogen) atoms. The molecule has 126 valence electrons. The number of hydrogen-bond acceptors (Lipinski definition) is 3. The average molecular weight is 323 g/mol. The molecule has 3 atom stereocenters. The Labute approximate surface area is 143 Å². The van der Waals surface area contributed by atoms with Crippen LogP contribution in [0.4, 0.5) is 0 Å². The Morgan fingerprint density at radius 2 is 2.17 bits per heavy atom. The second kappa shape index (κ2) is 5.38. The topological polar surface area (TPSA) is 36.6 Å². The van der Waals surface area contributed by atoms with Gasteiger partial charge in [-0.25, -0.2) is 0 Å². The molecule has 1 aromatic heterocycles. The van der Waals surface area contributed by atoms with E-state index >= 15 is 0 Å². The van der Waals surface area contributed by atoms with Crippen LogP contribution in [-0.4, -0.2) is 22.6 Å². The zero-order chi connectivity index (χ0) is 16.1. The van der Waals surface area contributed by atoms with Crippen molar-refractivity contribution in [3.63, 3.8) is 0 Å². The number of rotatable bonds is 2. The Kier molecular flexibility index (Phi) is 3.27. The SMILES string of the molecule is Oc1ccc2c(c1)[C@@]13CCCC[C@H]1[C@@H](C2)N(Cc1ccco1)CC3. The summed E-state index contributed by atoms with van der Waals surface area (Å²) in [5.74, 6) is 2.24. The highest BCUT2D eigenvalue weighted by Crippen LogP contribution is 2.56. The van der Waals surface area contributed by atoms with Gasteiger partial charge in [-0.3, -0.25) is 4.90 Å². The molecular weight excluding hydrogens is 298 g/mol. The molecule has 2 aromatic rings. The van der Waals surface area contributed by atoms with Crippen LogP contribution < -0.4 is 0 Å². The molecule has 0 spiro atoms. The molecule has 0 radical (unpaired) electrons. The lowest BCUT2D eigenvalue weighted by Gasteiger charge is -2.59. The van der Waals surface area contributed by atoms with Crippen LogP contribution in [0.5, 0.6) is 5.75 Å². The Hall–Kier alpha value is -1.74. The molecule has 2 fully saturated rings. The van der Waals surface area contributed by atoms with Gasteiger partial charge in [-0.05, 0) is 73.5 Å². The highest BCUT2D eigenvalue weighted by molar-refractivity contribution is 5.45. The van der Waals surface area contributed by atoms with Crippen molar-refractivity contribution in [2.75, 3.05) is 6.54 Å². The van der Waals surface area contributed by atoms with Gasteiger partial charge in [-0.15, -0.1) is 0 Å². The summed E-state index contributed by atoms with van der Waals surface area (Å²) in [5, 5.41) is 10.1. The van der Waals surface area contributed by atoms with E-state index in [-0.39, 0.29) is 0 Å². The minimum Gasteiger partial charge on any atom is -0.508 e. The van der Waals surface area contributed by atoms with Crippen LogP contribution in [-0.2, 0) is 18.4 Å². The standard InChI is InChI=1S/C21H25NO2/c23-16-7-6-15-12-20-18-5-1-2-8-21(18,19(15)13-16)9-10-22(20)14-17-4-3-11-24-17/h3-4,6-7,11,13,18,20,23H,1-2,5,8-10,12,14H2/t18-,20+,21+/m0/s1. The van der Waals surface area contributed by atoms with Gasteiger partial charge in [0.2, 0.25) is 0 Å². The van der Waals surface area contributed by atoms with E-state index < -0.39 is 0 Å². The number of aromatic hydroxyl groups is 1.